The Hall–Kier alpha value is -2.09. The predicted octanol–water partition coefficient (Wildman–Crippen LogP) is 4.12. The first-order chi connectivity index (χ1) is 12.7. The van der Waals surface area contributed by atoms with Crippen molar-refractivity contribution in [3.05, 3.63) is 71.7 Å². The molecule has 27 heavy (non-hydrogen) atoms. The summed E-state index contributed by atoms with van der Waals surface area (Å²) in [7, 11) is 0. The largest absolute Gasteiger partial charge is 0.357 e. The van der Waals surface area contributed by atoms with Crippen LogP contribution in [0.15, 0.2) is 59.9 Å². The van der Waals surface area contributed by atoms with Gasteiger partial charge >= 0.3 is 0 Å². The van der Waals surface area contributed by atoms with Gasteiger partial charge < -0.3 is 15.0 Å². The van der Waals surface area contributed by atoms with Crippen molar-refractivity contribution in [2.45, 2.75) is 33.2 Å². The number of rotatable bonds is 6. The van der Waals surface area contributed by atoms with Crippen LogP contribution < -0.4 is 10.6 Å². The van der Waals surface area contributed by atoms with Crippen molar-refractivity contribution < 1.29 is 0 Å². The lowest BCUT2D eigenvalue weighted by Gasteiger charge is -2.18. The van der Waals surface area contributed by atoms with Gasteiger partial charge in [-0.3, -0.25) is 4.99 Å². The molecule has 1 atom stereocenters. The topological polar surface area (TPSA) is 53.7 Å². The Morgan fingerprint density at radius 1 is 1.19 bits per heavy atom. The van der Waals surface area contributed by atoms with E-state index < -0.39 is 0 Å². The first-order valence-corrected chi connectivity index (χ1v) is 9.20. The van der Waals surface area contributed by atoms with Crippen LogP contribution in [-0.4, -0.2) is 28.4 Å². The molecule has 0 fully saturated rings. The van der Waals surface area contributed by atoms with E-state index in [1.807, 2.05) is 18.3 Å². The summed E-state index contributed by atoms with van der Waals surface area (Å²) in [5, 5.41) is 6.79. The fourth-order valence-corrected chi connectivity index (χ4v) is 2.96. The van der Waals surface area contributed by atoms with Crippen LogP contribution in [0.1, 0.15) is 36.7 Å². The van der Waals surface area contributed by atoms with E-state index in [-0.39, 0.29) is 30.0 Å². The molecule has 0 aliphatic heterocycles. The molecular formula is C21H28IN5. The van der Waals surface area contributed by atoms with Gasteiger partial charge in [0.1, 0.15) is 5.65 Å². The van der Waals surface area contributed by atoms with Gasteiger partial charge in [0.2, 0.25) is 0 Å². The van der Waals surface area contributed by atoms with E-state index in [2.05, 4.69) is 72.3 Å². The van der Waals surface area contributed by atoms with E-state index in [0.29, 0.717) is 6.54 Å². The van der Waals surface area contributed by atoms with Gasteiger partial charge in [-0.15, -0.1) is 24.0 Å². The molecule has 144 valence electrons. The highest BCUT2D eigenvalue weighted by Gasteiger charge is 2.07. The second kappa shape index (κ2) is 10.3. The molecule has 0 aliphatic carbocycles. The first kappa shape index (κ1) is 21.2. The first-order valence-electron chi connectivity index (χ1n) is 9.20. The Kier molecular flexibility index (Phi) is 8.09. The molecule has 3 rings (SSSR count). The number of fused-ring (bicyclic) bond motifs is 1. The SMILES string of the molecule is CCNC(=NCCc1cn2cccc(C)c2n1)NC(C)c1ccccc1.I. The number of aryl methyl sites for hydroxylation is 1. The Labute approximate surface area is 178 Å². The maximum atomic E-state index is 4.72. The van der Waals surface area contributed by atoms with Crippen LogP contribution in [-0.2, 0) is 6.42 Å². The number of hydrogen-bond acceptors (Lipinski definition) is 2. The van der Waals surface area contributed by atoms with Gasteiger partial charge in [-0.2, -0.15) is 0 Å². The summed E-state index contributed by atoms with van der Waals surface area (Å²) >= 11 is 0. The quantitative estimate of drug-likeness (QED) is 0.319. The third kappa shape index (κ3) is 5.69. The van der Waals surface area contributed by atoms with Crippen LogP contribution in [0.4, 0.5) is 0 Å². The van der Waals surface area contributed by atoms with Crippen LogP contribution in [0.3, 0.4) is 0 Å². The van der Waals surface area contributed by atoms with E-state index >= 15 is 0 Å². The Balaban J connectivity index is 0.00000261. The van der Waals surface area contributed by atoms with Gasteiger partial charge in [0.25, 0.3) is 0 Å². The molecule has 3 aromatic rings. The summed E-state index contributed by atoms with van der Waals surface area (Å²) in [5.41, 5.74) is 4.52. The lowest BCUT2D eigenvalue weighted by molar-refractivity contribution is 0.686. The molecule has 0 aliphatic rings. The summed E-state index contributed by atoms with van der Waals surface area (Å²) in [4.78, 5) is 9.43. The minimum absolute atomic E-state index is 0. The molecule has 0 spiro atoms. The van der Waals surface area contributed by atoms with E-state index in [1.165, 1.54) is 11.1 Å². The summed E-state index contributed by atoms with van der Waals surface area (Å²) < 4.78 is 2.08. The lowest BCUT2D eigenvalue weighted by atomic mass is 10.1. The van der Waals surface area contributed by atoms with Gasteiger partial charge in [0.15, 0.2) is 5.96 Å². The van der Waals surface area contributed by atoms with Gasteiger partial charge in [-0.25, -0.2) is 4.98 Å². The van der Waals surface area contributed by atoms with Gasteiger partial charge in [0.05, 0.1) is 11.7 Å². The highest BCUT2D eigenvalue weighted by molar-refractivity contribution is 14.0. The average molecular weight is 477 g/mol. The van der Waals surface area contributed by atoms with Crippen molar-refractivity contribution in [3.8, 4) is 0 Å². The number of hydrogen-bond donors (Lipinski definition) is 2. The Morgan fingerprint density at radius 3 is 2.67 bits per heavy atom. The Morgan fingerprint density at radius 2 is 1.96 bits per heavy atom. The molecule has 1 aromatic carbocycles. The fourth-order valence-electron chi connectivity index (χ4n) is 2.96. The zero-order valence-electron chi connectivity index (χ0n) is 16.1. The molecular weight excluding hydrogens is 449 g/mol. The number of halogens is 1. The number of aliphatic imine (C=N–C) groups is 1. The lowest BCUT2D eigenvalue weighted by Crippen LogP contribution is -2.38. The highest BCUT2D eigenvalue weighted by atomic mass is 127. The third-order valence-electron chi connectivity index (χ3n) is 4.36. The second-order valence-electron chi connectivity index (χ2n) is 6.44. The molecule has 2 N–H and O–H groups in total. The van der Waals surface area contributed by atoms with Crippen LogP contribution >= 0.6 is 24.0 Å². The molecule has 1 unspecified atom stereocenters. The van der Waals surface area contributed by atoms with E-state index in [9.17, 15) is 0 Å². The minimum atomic E-state index is 0. The number of guanidine groups is 1. The standard InChI is InChI=1S/C21H27N5.HI/c1-4-22-21(24-17(3)18-10-6-5-7-11-18)23-13-12-19-15-26-14-8-9-16(2)20(26)25-19;/h5-11,14-15,17H,4,12-13H2,1-3H3,(H2,22,23,24);1H. The van der Waals surface area contributed by atoms with Gasteiger partial charge in [0, 0.05) is 31.9 Å². The number of benzene rings is 1. The molecule has 0 amide bonds. The van der Waals surface area contributed by atoms with E-state index in [0.717, 1.165) is 30.3 Å². The second-order valence-corrected chi connectivity index (χ2v) is 6.44. The Bertz CT molecular complexity index is 873. The zero-order valence-corrected chi connectivity index (χ0v) is 18.5. The molecule has 6 heteroatoms. The summed E-state index contributed by atoms with van der Waals surface area (Å²) in [5.74, 6) is 0.837. The fraction of sp³-hybridized carbons (Fsp3) is 0.333. The number of nitrogens with zero attached hydrogens (tertiary/aromatic N) is 3. The normalized spacial score (nSPS) is 12.5. The molecule has 0 bridgehead atoms. The van der Waals surface area contributed by atoms with Crippen molar-refractivity contribution in [2.24, 2.45) is 4.99 Å². The van der Waals surface area contributed by atoms with Crippen molar-refractivity contribution in [1.82, 2.24) is 20.0 Å². The van der Waals surface area contributed by atoms with Crippen molar-refractivity contribution in [3.63, 3.8) is 0 Å². The van der Waals surface area contributed by atoms with E-state index in [1.54, 1.807) is 0 Å². The third-order valence-corrected chi connectivity index (χ3v) is 4.36. The van der Waals surface area contributed by atoms with Crippen molar-refractivity contribution in [2.75, 3.05) is 13.1 Å². The summed E-state index contributed by atoms with van der Waals surface area (Å²) in [6.45, 7) is 7.84. The predicted molar refractivity (Wildman–Crippen MR) is 123 cm³/mol. The van der Waals surface area contributed by atoms with Crippen LogP contribution in [0.5, 0.6) is 0 Å². The van der Waals surface area contributed by atoms with E-state index in [4.69, 9.17) is 9.98 Å². The average Bonchev–Trinajstić information content (AvgIpc) is 3.07. The monoisotopic (exact) mass is 477 g/mol. The summed E-state index contributed by atoms with van der Waals surface area (Å²) in [6, 6.07) is 14.7. The highest BCUT2D eigenvalue weighted by Crippen LogP contribution is 2.12. The molecule has 0 saturated carbocycles. The van der Waals surface area contributed by atoms with Gasteiger partial charge in [-0.05, 0) is 38.0 Å². The zero-order chi connectivity index (χ0) is 18.4. The van der Waals surface area contributed by atoms with Crippen LogP contribution in [0, 0.1) is 6.92 Å². The van der Waals surface area contributed by atoms with Crippen LogP contribution in [0.2, 0.25) is 0 Å². The van der Waals surface area contributed by atoms with Gasteiger partial charge in [-0.1, -0.05) is 36.4 Å². The number of imidazole rings is 1. The maximum Gasteiger partial charge on any atom is 0.191 e. The molecule has 0 saturated heterocycles. The maximum absolute atomic E-state index is 4.72. The number of aromatic nitrogens is 2. The summed E-state index contributed by atoms with van der Waals surface area (Å²) in [6.07, 6.45) is 4.94. The molecule has 2 aromatic heterocycles. The molecule has 5 nitrogen and oxygen atoms in total. The number of nitrogens with one attached hydrogen (secondary N) is 2. The molecule has 0 radical (unpaired) electrons. The van der Waals surface area contributed by atoms with Crippen molar-refractivity contribution >= 4 is 35.6 Å². The minimum Gasteiger partial charge on any atom is -0.357 e. The van der Waals surface area contributed by atoms with Crippen molar-refractivity contribution in [1.29, 1.82) is 0 Å². The van der Waals surface area contributed by atoms with Crippen LogP contribution in [0.25, 0.3) is 5.65 Å². The molecule has 2 heterocycles. The smallest absolute Gasteiger partial charge is 0.191 e. The number of pyridine rings is 1.